The number of benzene rings is 1. The van der Waals surface area contributed by atoms with Gasteiger partial charge in [0.05, 0.1) is 17.4 Å². The first-order valence-corrected chi connectivity index (χ1v) is 7.29. The lowest BCUT2D eigenvalue weighted by atomic mass is 10.2. The molecule has 0 aliphatic carbocycles. The number of rotatable bonds is 4. The summed E-state index contributed by atoms with van der Waals surface area (Å²) in [6.45, 7) is 0. The maximum Gasteiger partial charge on any atom is 0.259 e. The van der Waals surface area contributed by atoms with Crippen molar-refractivity contribution in [2.24, 2.45) is 0 Å². The lowest BCUT2D eigenvalue weighted by Gasteiger charge is -2.11. The van der Waals surface area contributed by atoms with Gasteiger partial charge >= 0.3 is 0 Å². The van der Waals surface area contributed by atoms with E-state index in [0.29, 0.717) is 22.1 Å². The van der Waals surface area contributed by atoms with Crippen LogP contribution in [0.5, 0.6) is 0 Å². The highest BCUT2D eigenvalue weighted by Gasteiger charge is 2.13. The van der Waals surface area contributed by atoms with E-state index < -0.39 is 0 Å². The predicted octanol–water partition coefficient (Wildman–Crippen LogP) is 4.13. The fourth-order valence-corrected chi connectivity index (χ4v) is 2.22. The second kappa shape index (κ2) is 6.89. The Hall–Kier alpha value is -2.92. The molecule has 0 fully saturated rings. The average molecular weight is 325 g/mol. The molecule has 23 heavy (non-hydrogen) atoms. The van der Waals surface area contributed by atoms with E-state index in [1.54, 1.807) is 55.0 Å². The molecule has 5 nitrogen and oxygen atoms in total. The molecule has 114 valence electrons. The van der Waals surface area contributed by atoms with Crippen LogP contribution in [0.1, 0.15) is 10.4 Å². The fourth-order valence-electron chi connectivity index (χ4n) is 2.03. The molecule has 3 rings (SSSR count). The van der Waals surface area contributed by atoms with Crippen molar-refractivity contribution in [3.63, 3.8) is 0 Å². The molecule has 2 aromatic heterocycles. The van der Waals surface area contributed by atoms with E-state index in [-0.39, 0.29) is 5.91 Å². The van der Waals surface area contributed by atoms with Crippen LogP contribution >= 0.6 is 11.6 Å². The molecule has 0 unspecified atom stereocenters. The Labute approximate surface area is 138 Å². The standard InChI is InChI=1S/C17H13ClN4O/c18-12-4-1-5-13(10-12)21-16-15(7-3-9-20-16)17(23)22-14-6-2-8-19-11-14/h1-11H,(H,20,21)(H,22,23). The van der Waals surface area contributed by atoms with E-state index in [1.807, 2.05) is 12.1 Å². The van der Waals surface area contributed by atoms with Crippen LogP contribution in [0.25, 0.3) is 0 Å². The van der Waals surface area contributed by atoms with E-state index in [4.69, 9.17) is 11.6 Å². The second-order valence-corrected chi connectivity index (χ2v) is 5.17. The fraction of sp³-hybridized carbons (Fsp3) is 0. The lowest BCUT2D eigenvalue weighted by molar-refractivity contribution is 0.102. The van der Waals surface area contributed by atoms with Crippen LogP contribution in [0.3, 0.4) is 0 Å². The van der Waals surface area contributed by atoms with E-state index in [9.17, 15) is 4.79 Å². The number of amides is 1. The zero-order chi connectivity index (χ0) is 16.1. The Morgan fingerprint density at radius 2 is 1.83 bits per heavy atom. The van der Waals surface area contributed by atoms with Gasteiger partial charge in [0.2, 0.25) is 0 Å². The molecule has 0 bridgehead atoms. The molecule has 0 spiro atoms. The Morgan fingerprint density at radius 1 is 1.00 bits per heavy atom. The Kier molecular flexibility index (Phi) is 4.49. The van der Waals surface area contributed by atoms with Crippen LogP contribution in [-0.2, 0) is 0 Å². The molecule has 2 N–H and O–H groups in total. The van der Waals surface area contributed by atoms with Gasteiger partial charge in [-0.3, -0.25) is 9.78 Å². The third-order valence-corrected chi connectivity index (χ3v) is 3.29. The number of hydrogen-bond donors (Lipinski definition) is 2. The first-order valence-electron chi connectivity index (χ1n) is 6.91. The highest BCUT2D eigenvalue weighted by atomic mass is 35.5. The molecule has 1 amide bonds. The number of pyridine rings is 2. The third kappa shape index (κ3) is 3.84. The Bertz CT molecular complexity index is 824. The van der Waals surface area contributed by atoms with Crippen LogP contribution in [0, 0.1) is 0 Å². The minimum absolute atomic E-state index is 0.268. The zero-order valence-electron chi connectivity index (χ0n) is 12.0. The molecule has 0 aliphatic heterocycles. The topological polar surface area (TPSA) is 66.9 Å². The predicted molar refractivity (Wildman–Crippen MR) is 91.2 cm³/mol. The molecule has 0 saturated heterocycles. The quantitative estimate of drug-likeness (QED) is 0.757. The number of hydrogen-bond acceptors (Lipinski definition) is 4. The molecule has 1 aromatic carbocycles. The number of carbonyl (C=O) groups is 1. The summed E-state index contributed by atoms with van der Waals surface area (Å²) >= 11 is 5.97. The van der Waals surface area contributed by atoms with Gasteiger partial charge < -0.3 is 10.6 Å². The summed E-state index contributed by atoms with van der Waals surface area (Å²) in [5.41, 5.74) is 1.80. The lowest BCUT2D eigenvalue weighted by Crippen LogP contribution is -2.14. The van der Waals surface area contributed by atoms with Crippen LogP contribution in [0.15, 0.2) is 67.1 Å². The maximum atomic E-state index is 12.4. The van der Waals surface area contributed by atoms with Crippen molar-refractivity contribution in [3.05, 3.63) is 77.7 Å². The summed E-state index contributed by atoms with van der Waals surface area (Å²) in [4.78, 5) is 20.7. The number of aromatic nitrogens is 2. The minimum atomic E-state index is -0.268. The van der Waals surface area contributed by atoms with Crippen molar-refractivity contribution in [2.45, 2.75) is 0 Å². The summed E-state index contributed by atoms with van der Waals surface area (Å²) in [5, 5.41) is 6.50. The first kappa shape index (κ1) is 15.0. The van der Waals surface area contributed by atoms with Gasteiger partial charge in [-0.1, -0.05) is 17.7 Å². The van der Waals surface area contributed by atoms with Gasteiger partial charge in [0.25, 0.3) is 5.91 Å². The molecular formula is C17H13ClN4O. The van der Waals surface area contributed by atoms with E-state index in [2.05, 4.69) is 20.6 Å². The normalized spacial score (nSPS) is 10.1. The van der Waals surface area contributed by atoms with E-state index in [1.165, 1.54) is 0 Å². The van der Waals surface area contributed by atoms with Gasteiger partial charge in [0, 0.05) is 23.1 Å². The third-order valence-electron chi connectivity index (χ3n) is 3.06. The molecule has 3 aromatic rings. The average Bonchev–Trinajstić information content (AvgIpc) is 2.56. The summed E-state index contributed by atoms with van der Waals surface area (Å²) < 4.78 is 0. The van der Waals surface area contributed by atoms with Gasteiger partial charge in [0.15, 0.2) is 0 Å². The molecule has 2 heterocycles. The summed E-state index contributed by atoms with van der Waals surface area (Å²) in [6, 6.07) is 14.1. The number of carbonyl (C=O) groups excluding carboxylic acids is 1. The summed E-state index contributed by atoms with van der Waals surface area (Å²) in [5.74, 6) is 0.187. The highest BCUT2D eigenvalue weighted by molar-refractivity contribution is 6.30. The molecule has 0 atom stereocenters. The van der Waals surface area contributed by atoms with Crippen LogP contribution < -0.4 is 10.6 Å². The van der Waals surface area contributed by atoms with Crippen molar-refractivity contribution >= 4 is 34.7 Å². The minimum Gasteiger partial charge on any atom is -0.340 e. The zero-order valence-corrected chi connectivity index (χ0v) is 12.8. The van der Waals surface area contributed by atoms with E-state index in [0.717, 1.165) is 5.69 Å². The van der Waals surface area contributed by atoms with Crippen molar-refractivity contribution in [2.75, 3.05) is 10.6 Å². The SMILES string of the molecule is O=C(Nc1cccnc1)c1cccnc1Nc1cccc(Cl)c1. The largest absolute Gasteiger partial charge is 0.340 e. The Morgan fingerprint density at radius 3 is 2.61 bits per heavy atom. The summed E-state index contributed by atoms with van der Waals surface area (Å²) in [7, 11) is 0. The van der Waals surface area contributed by atoms with Gasteiger partial charge in [-0.15, -0.1) is 0 Å². The monoisotopic (exact) mass is 324 g/mol. The molecule has 6 heteroatoms. The smallest absolute Gasteiger partial charge is 0.259 e. The van der Waals surface area contributed by atoms with Gasteiger partial charge in [-0.2, -0.15) is 0 Å². The van der Waals surface area contributed by atoms with Gasteiger partial charge in [0.1, 0.15) is 5.82 Å². The molecule has 0 saturated carbocycles. The van der Waals surface area contributed by atoms with Crippen molar-refractivity contribution in [3.8, 4) is 0 Å². The highest BCUT2D eigenvalue weighted by Crippen LogP contribution is 2.22. The van der Waals surface area contributed by atoms with Gasteiger partial charge in [-0.25, -0.2) is 4.98 Å². The molecule has 0 radical (unpaired) electrons. The van der Waals surface area contributed by atoms with Crippen LogP contribution in [-0.4, -0.2) is 15.9 Å². The summed E-state index contributed by atoms with van der Waals surface area (Å²) in [6.07, 6.45) is 4.85. The van der Waals surface area contributed by atoms with Crippen LogP contribution in [0.4, 0.5) is 17.2 Å². The number of halogens is 1. The number of anilines is 3. The second-order valence-electron chi connectivity index (χ2n) is 4.73. The van der Waals surface area contributed by atoms with Gasteiger partial charge in [-0.05, 0) is 42.5 Å². The molecular weight excluding hydrogens is 312 g/mol. The maximum absolute atomic E-state index is 12.4. The first-order chi connectivity index (χ1) is 11.2. The van der Waals surface area contributed by atoms with E-state index >= 15 is 0 Å². The molecule has 0 aliphatic rings. The van der Waals surface area contributed by atoms with Crippen molar-refractivity contribution in [1.29, 1.82) is 0 Å². The number of nitrogens with one attached hydrogen (secondary N) is 2. The van der Waals surface area contributed by atoms with Crippen LogP contribution in [0.2, 0.25) is 5.02 Å². The Balaban J connectivity index is 1.84. The van der Waals surface area contributed by atoms with Crippen molar-refractivity contribution < 1.29 is 4.79 Å². The van der Waals surface area contributed by atoms with Crippen molar-refractivity contribution in [1.82, 2.24) is 9.97 Å². The number of nitrogens with zero attached hydrogens (tertiary/aromatic N) is 2.